The summed E-state index contributed by atoms with van der Waals surface area (Å²) in [5.41, 5.74) is 27.1. The monoisotopic (exact) mass is 1990 g/mol. The second-order valence-electron chi connectivity index (χ2n) is 35.7. The molecule has 0 saturated carbocycles. The Morgan fingerprint density at radius 1 is 0.257 bits per heavy atom. The van der Waals surface area contributed by atoms with Crippen molar-refractivity contribution in [2.45, 2.75) is 132 Å². The van der Waals surface area contributed by atoms with E-state index < -0.39 is 30.5 Å². The van der Waals surface area contributed by atoms with Crippen LogP contribution < -0.4 is 4.74 Å². The maximum absolute atomic E-state index is 9.81. The molecule has 0 bridgehead atoms. The van der Waals surface area contributed by atoms with Crippen molar-refractivity contribution < 1.29 is 30.3 Å². The lowest BCUT2D eigenvalue weighted by Crippen LogP contribution is -1.99. The number of hydrogen-bond acceptors (Lipinski definition) is 21. The minimum atomic E-state index is -0.483. The van der Waals surface area contributed by atoms with Gasteiger partial charge in [-0.3, -0.25) is 0 Å². The van der Waals surface area contributed by atoms with Crippen LogP contribution in [0.4, 0.5) is 0 Å². The highest BCUT2D eigenvalue weighted by atomic mass is 32.1. The highest BCUT2D eigenvalue weighted by Crippen LogP contribution is 2.41. The van der Waals surface area contributed by atoms with Gasteiger partial charge in [-0.05, 0) is 267 Å². The second kappa shape index (κ2) is 49.4. The summed E-state index contributed by atoms with van der Waals surface area (Å²) in [4.78, 5) is 57.8. The van der Waals surface area contributed by atoms with Crippen LogP contribution in [0.3, 0.4) is 0 Å². The standard InChI is InChI=1S/C26H24N2OS.C25H24N2OS.C24H22N2O2S.2C24H22N2OS/c1-18-5-3-6-20(15-18)9-10-23-11-12-25(30-23)24-13-14-27-26(28-24)17-21-7-4-8-22(16-21)19(2)29;1-16-7-8-17(2)21(13-16)23-9-10-24(29-23)22-11-12-26-25(27-22)15-19-5-4-6-20(14-19)18(3)28;1-16(27)18-6-3-5-17(13-18)14-24-25-12-11-21(26-24)23-10-9-22(29-23)19-7-4-8-20(15-19)28-2;1-16-5-3-8-20(13-16)22-9-10-23(28-22)21-11-12-25-24(26-21)15-18-6-4-7-19(14-18)17(2)27;1-16-6-8-19(9-7-16)22-10-11-23(28-22)21-12-13-25-24(26-21)15-18-4-3-5-20(14-18)17(2)27/h3-16,19,29H,17H2,1-2H3;4-14,18,28H,15H2,1-3H3;3-13,15-16,27H,14H2,1-2H3;2*3-14,17,27H,15H2,1-2H3/b10-9+;;;;. The Morgan fingerprint density at radius 2 is 0.562 bits per heavy atom. The molecule has 0 fully saturated rings. The minimum absolute atomic E-state index is 0.474. The summed E-state index contributed by atoms with van der Waals surface area (Å²) in [5.74, 6) is 4.74. The van der Waals surface area contributed by atoms with E-state index in [9.17, 15) is 25.5 Å². The molecule has 0 spiro atoms. The predicted octanol–water partition coefficient (Wildman–Crippen LogP) is 29.6. The summed E-state index contributed by atoms with van der Waals surface area (Å²) in [6, 6.07) is 111. The van der Waals surface area contributed by atoms with Crippen LogP contribution in [0, 0.1) is 34.6 Å². The van der Waals surface area contributed by atoms with Crippen molar-refractivity contribution in [3.05, 3.63) is 482 Å². The molecule has 5 N–H and O–H groups in total. The molecule has 0 radical (unpaired) electrons. The van der Waals surface area contributed by atoms with Gasteiger partial charge in [0.1, 0.15) is 34.9 Å². The Hall–Kier alpha value is -14.6. The molecular formula is C123H114N10O6S5. The third kappa shape index (κ3) is 28.7. The molecule has 10 heterocycles. The maximum atomic E-state index is 9.81. The van der Waals surface area contributed by atoms with Gasteiger partial charge < -0.3 is 30.3 Å². The summed E-state index contributed by atoms with van der Waals surface area (Å²) >= 11 is 8.67. The Balaban J connectivity index is 0.000000129. The zero-order valence-corrected chi connectivity index (χ0v) is 86.4. The zero-order valence-electron chi connectivity index (χ0n) is 82.3. The summed E-state index contributed by atoms with van der Waals surface area (Å²) in [5, 5.41) is 49.0. The number of aliphatic hydroxyl groups is 5. The summed E-state index contributed by atoms with van der Waals surface area (Å²) < 4.78 is 5.33. The first-order valence-electron chi connectivity index (χ1n) is 47.9. The van der Waals surface area contributed by atoms with Crippen LogP contribution in [0.2, 0.25) is 0 Å². The third-order valence-corrected chi connectivity index (χ3v) is 29.6. The Kier molecular flexibility index (Phi) is 35.1. The first-order valence-corrected chi connectivity index (χ1v) is 52.0. The van der Waals surface area contributed by atoms with Crippen molar-refractivity contribution >= 4 is 68.8 Å². The first-order chi connectivity index (χ1) is 69.8. The molecule has 21 heteroatoms. The van der Waals surface area contributed by atoms with Crippen LogP contribution >= 0.6 is 56.7 Å². The minimum Gasteiger partial charge on any atom is -0.497 e. The summed E-state index contributed by atoms with van der Waals surface area (Å²) in [7, 11) is 1.68. The van der Waals surface area contributed by atoms with Gasteiger partial charge in [0.25, 0.3) is 0 Å². The van der Waals surface area contributed by atoms with Crippen molar-refractivity contribution in [1.82, 2.24) is 49.8 Å². The molecule has 16 nitrogen and oxygen atoms in total. The lowest BCUT2D eigenvalue weighted by atomic mass is 10.0. The fraction of sp³-hybridized carbons (Fsp3) is 0.171. The highest BCUT2D eigenvalue weighted by molar-refractivity contribution is 7.20. The van der Waals surface area contributed by atoms with Crippen LogP contribution in [-0.2, 0) is 32.1 Å². The van der Waals surface area contributed by atoms with Gasteiger partial charge in [0.05, 0.1) is 90.5 Å². The van der Waals surface area contributed by atoms with Gasteiger partial charge >= 0.3 is 0 Å². The third-order valence-electron chi connectivity index (χ3n) is 24.0. The molecule has 20 rings (SSSR count). The number of rotatable bonds is 27. The van der Waals surface area contributed by atoms with Crippen LogP contribution in [0.25, 0.3) is 107 Å². The van der Waals surface area contributed by atoms with Gasteiger partial charge in [-0.1, -0.05) is 253 Å². The molecule has 0 aliphatic rings. The molecule has 0 saturated heterocycles. The molecule has 5 unspecified atom stereocenters. The van der Waals surface area contributed by atoms with E-state index in [1.807, 2.05) is 195 Å². The molecule has 10 aromatic carbocycles. The van der Waals surface area contributed by atoms with Crippen molar-refractivity contribution in [2.24, 2.45) is 0 Å². The van der Waals surface area contributed by atoms with Crippen LogP contribution in [0.5, 0.6) is 5.75 Å². The number of hydrogen-bond donors (Lipinski definition) is 5. The van der Waals surface area contributed by atoms with Crippen molar-refractivity contribution in [3.63, 3.8) is 0 Å². The quantitative estimate of drug-likeness (QED) is 0.0322. The predicted molar refractivity (Wildman–Crippen MR) is 593 cm³/mol. The molecular weight excluding hydrogens is 1870 g/mol. The molecule has 10 aromatic heterocycles. The number of ether oxygens (including phenoxy) is 1. The molecule has 0 aliphatic heterocycles. The van der Waals surface area contributed by atoms with E-state index in [2.05, 4.69) is 229 Å². The van der Waals surface area contributed by atoms with E-state index in [1.165, 1.54) is 74.5 Å². The summed E-state index contributed by atoms with van der Waals surface area (Å²) in [6.07, 6.45) is 14.2. The molecule has 5 atom stereocenters. The second-order valence-corrected chi connectivity index (χ2v) is 41.1. The van der Waals surface area contributed by atoms with Gasteiger partial charge in [-0.15, -0.1) is 56.7 Å². The first kappa shape index (κ1) is 102. The number of aromatic nitrogens is 10. The van der Waals surface area contributed by atoms with Crippen LogP contribution in [0.15, 0.2) is 359 Å². The fourth-order valence-electron chi connectivity index (χ4n) is 16.2. The molecule has 20 aromatic rings. The lowest BCUT2D eigenvalue weighted by Gasteiger charge is -2.07. The Labute approximate surface area is 863 Å². The average Bonchev–Trinajstić information content (AvgIpc) is 1.67. The molecule has 0 amide bonds. The SMILES string of the molecule is COc1cccc(-c2ccc(-c3ccnc(Cc4cccc(C(C)O)c4)n3)s2)c1.Cc1ccc(-c2ccc(-c3ccnc(Cc4cccc(C(C)O)c4)n3)s2)cc1.Cc1ccc(C)c(-c2ccc(-c3ccnc(Cc4cccc(C(C)O)c4)n3)s2)c1.Cc1cccc(-c2ccc(-c3ccnc(Cc4cccc(C(C)O)c4)n3)s2)c1.Cc1cccc(/C=C/c2ccc(-c3ccnc(Cc4cccc(C(C)O)c4)n3)s2)c1. The zero-order chi connectivity index (χ0) is 101. The number of thiophene rings is 5. The van der Waals surface area contributed by atoms with Gasteiger partial charge in [-0.25, -0.2) is 49.8 Å². The topological polar surface area (TPSA) is 239 Å². The molecule has 0 aliphatic carbocycles. The smallest absolute Gasteiger partial charge is 0.133 e. The van der Waals surface area contributed by atoms with Gasteiger partial charge in [0.15, 0.2) is 0 Å². The number of aryl methyl sites for hydroxylation is 5. The molecule has 722 valence electrons. The maximum Gasteiger partial charge on any atom is 0.133 e. The van der Waals surface area contributed by atoms with Crippen molar-refractivity contribution in [2.75, 3.05) is 7.11 Å². The highest BCUT2D eigenvalue weighted by Gasteiger charge is 2.19. The number of aliphatic hydroxyl groups excluding tert-OH is 5. The molecule has 144 heavy (non-hydrogen) atoms. The lowest BCUT2D eigenvalue weighted by molar-refractivity contribution is 0.199. The van der Waals surface area contributed by atoms with Gasteiger partial charge in [-0.2, -0.15) is 0 Å². The summed E-state index contributed by atoms with van der Waals surface area (Å²) in [6.45, 7) is 19.5. The van der Waals surface area contributed by atoms with E-state index in [0.717, 1.165) is 149 Å². The number of nitrogens with zero attached hydrogens (tertiary/aromatic N) is 10. The van der Waals surface area contributed by atoms with Gasteiger partial charge in [0.2, 0.25) is 0 Å². The van der Waals surface area contributed by atoms with Crippen LogP contribution in [0.1, 0.15) is 188 Å². The Bertz CT molecular complexity index is 7720. The van der Waals surface area contributed by atoms with E-state index >= 15 is 0 Å². The van der Waals surface area contributed by atoms with Crippen LogP contribution in [-0.4, -0.2) is 82.5 Å². The largest absolute Gasteiger partial charge is 0.497 e. The van der Waals surface area contributed by atoms with Crippen molar-refractivity contribution in [1.29, 1.82) is 0 Å². The normalized spacial score (nSPS) is 12.1. The van der Waals surface area contributed by atoms with E-state index in [0.29, 0.717) is 32.1 Å². The Morgan fingerprint density at radius 3 is 0.931 bits per heavy atom. The fourth-order valence-corrected chi connectivity index (χ4v) is 21.0. The van der Waals surface area contributed by atoms with Crippen molar-refractivity contribution in [3.8, 4) is 100 Å². The average molecular weight is 1990 g/mol. The van der Waals surface area contributed by atoms with E-state index in [1.54, 1.807) is 105 Å². The number of benzene rings is 10. The number of methoxy groups -OCH3 is 1. The van der Waals surface area contributed by atoms with E-state index in [-0.39, 0.29) is 0 Å². The van der Waals surface area contributed by atoms with Gasteiger partial charge in [0, 0.05) is 87.5 Å². The van der Waals surface area contributed by atoms with E-state index in [4.69, 9.17) is 29.7 Å².